The fourth-order valence-corrected chi connectivity index (χ4v) is 3.48. The summed E-state index contributed by atoms with van der Waals surface area (Å²) in [6, 6.07) is 2.35. The number of nitrogens with zero attached hydrogens (tertiary/aromatic N) is 2. The molecule has 1 saturated heterocycles. The van der Waals surface area contributed by atoms with Gasteiger partial charge in [0.25, 0.3) is 0 Å². The van der Waals surface area contributed by atoms with Gasteiger partial charge in [-0.2, -0.15) is 5.26 Å². The summed E-state index contributed by atoms with van der Waals surface area (Å²) in [6.07, 6.45) is 4.34. The van der Waals surface area contributed by atoms with Crippen LogP contribution in [0, 0.1) is 28.6 Å². The molecule has 1 aliphatic rings. The van der Waals surface area contributed by atoms with Gasteiger partial charge in [-0.3, -0.25) is 4.79 Å². The molecule has 0 N–H and O–H groups in total. The van der Waals surface area contributed by atoms with Crippen molar-refractivity contribution in [3.8, 4) is 6.07 Å². The van der Waals surface area contributed by atoms with E-state index in [1.807, 2.05) is 4.90 Å². The lowest BCUT2D eigenvalue weighted by Crippen LogP contribution is -2.49. The molecule has 0 saturated carbocycles. The Hall–Kier alpha value is -1.04. The van der Waals surface area contributed by atoms with E-state index < -0.39 is 5.41 Å². The van der Waals surface area contributed by atoms with Crippen LogP contribution in [0.4, 0.5) is 0 Å². The first kappa shape index (κ1) is 16.0. The summed E-state index contributed by atoms with van der Waals surface area (Å²) >= 11 is 0. The van der Waals surface area contributed by atoms with Gasteiger partial charge in [-0.25, -0.2) is 0 Å². The number of carbonyl (C=O) groups excluding carboxylic acids is 1. The normalized spacial score (nSPS) is 24.1. The molecule has 1 fully saturated rings. The standard InChI is InChI=1S/C16H28N2O/c1-5-7-16(12-17,8-6-2)15(19)18-10-13(3)9-14(4)11-18/h13-14H,5-11H2,1-4H3. The van der Waals surface area contributed by atoms with E-state index >= 15 is 0 Å². The number of amides is 1. The average Bonchev–Trinajstić information content (AvgIpc) is 2.36. The maximum absolute atomic E-state index is 12.8. The Bertz CT molecular complexity index is 329. The fourth-order valence-electron chi connectivity index (χ4n) is 3.48. The number of hydrogen-bond acceptors (Lipinski definition) is 2. The lowest BCUT2D eigenvalue weighted by Gasteiger charge is -2.39. The van der Waals surface area contributed by atoms with Gasteiger partial charge in [-0.05, 0) is 31.1 Å². The molecule has 108 valence electrons. The highest BCUT2D eigenvalue weighted by Crippen LogP contribution is 2.34. The smallest absolute Gasteiger partial charge is 0.243 e. The van der Waals surface area contributed by atoms with Crippen molar-refractivity contribution in [1.29, 1.82) is 5.26 Å². The van der Waals surface area contributed by atoms with Gasteiger partial charge in [0.05, 0.1) is 6.07 Å². The van der Waals surface area contributed by atoms with Crippen molar-refractivity contribution in [1.82, 2.24) is 4.90 Å². The van der Waals surface area contributed by atoms with E-state index in [0.29, 0.717) is 24.7 Å². The van der Waals surface area contributed by atoms with E-state index in [-0.39, 0.29) is 5.91 Å². The molecular formula is C16H28N2O. The molecule has 3 heteroatoms. The van der Waals surface area contributed by atoms with Gasteiger partial charge < -0.3 is 4.90 Å². The highest BCUT2D eigenvalue weighted by molar-refractivity contribution is 5.85. The minimum absolute atomic E-state index is 0.0806. The molecule has 19 heavy (non-hydrogen) atoms. The predicted octanol–water partition coefficient (Wildman–Crippen LogP) is 3.60. The molecule has 3 nitrogen and oxygen atoms in total. The van der Waals surface area contributed by atoms with E-state index in [1.54, 1.807) is 0 Å². The Morgan fingerprint density at radius 1 is 1.21 bits per heavy atom. The first-order valence-corrected chi connectivity index (χ1v) is 7.69. The molecule has 2 atom stereocenters. The summed E-state index contributed by atoms with van der Waals surface area (Å²) in [5.41, 5.74) is -0.777. The lowest BCUT2D eigenvalue weighted by molar-refractivity contribution is -0.142. The van der Waals surface area contributed by atoms with Crippen molar-refractivity contribution in [2.75, 3.05) is 13.1 Å². The van der Waals surface area contributed by atoms with Crippen LogP contribution in [0.1, 0.15) is 59.8 Å². The lowest BCUT2D eigenvalue weighted by atomic mass is 9.78. The quantitative estimate of drug-likeness (QED) is 0.761. The van der Waals surface area contributed by atoms with Gasteiger partial charge in [0, 0.05) is 13.1 Å². The Morgan fingerprint density at radius 2 is 1.68 bits per heavy atom. The van der Waals surface area contributed by atoms with E-state index in [9.17, 15) is 10.1 Å². The summed E-state index contributed by atoms with van der Waals surface area (Å²) in [4.78, 5) is 14.8. The second-order valence-electron chi connectivity index (χ2n) is 6.35. The Labute approximate surface area is 118 Å². The highest BCUT2D eigenvalue weighted by atomic mass is 16.2. The molecule has 0 radical (unpaired) electrons. The molecule has 0 bridgehead atoms. The van der Waals surface area contributed by atoms with E-state index in [1.165, 1.54) is 6.42 Å². The van der Waals surface area contributed by atoms with Crippen LogP contribution in [-0.2, 0) is 4.79 Å². The van der Waals surface area contributed by atoms with Gasteiger partial charge in [0.1, 0.15) is 5.41 Å². The van der Waals surface area contributed by atoms with E-state index in [0.717, 1.165) is 25.9 Å². The van der Waals surface area contributed by atoms with Crippen molar-refractivity contribution in [2.24, 2.45) is 17.3 Å². The van der Waals surface area contributed by atoms with Crippen LogP contribution in [0.15, 0.2) is 0 Å². The molecule has 0 spiro atoms. The summed E-state index contributed by atoms with van der Waals surface area (Å²) in [6.45, 7) is 10.1. The van der Waals surface area contributed by atoms with Crippen molar-refractivity contribution >= 4 is 5.91 Å². The Kier molecular flexibility index (Phi) is 5.85. The van der Waals surface area contributed by atoms with Crippen LogP contribution in [-0.4, -0.2) is 23.9 Å². The average molecular weight is 264 g/mol. The Morgan fingerprint density at radius 3 is 2.05 bits per heavy atom. The third-order valence-corrected chi connectivity index (χ3v) is 4.13. The summed E-state index contributed by atoms with van der Waals surface area (Å²) in [7, 11) is 0. The molecule has 0 aromatic heterocycles. The minimum atomic E-state index is -0.777. The van der Waals surface area contributed by atoms with Crippen molar-refractivity contribution in [2.45, 2.75) is 59.8 Å². The van der Waals surface area contributed by atoms with Crippen LogP contribution in [0.2, 0.25) is 0 Å². The predicted molar refractivity (Wildman–Crippen MR) is 77.4 cm³/mol. The van der Waals surface area contributed by atoms with Crippen LogP contribution in [0.3, 0.4) is 0 Å². The maximum atomic E-state index is 12.8. The molecule has 0 aromatic rings. The number of hydrogen-bond donors (Lipinski definition) is 0. The van der Waals surface area contributed by atoms with Crippen LogP contribution >= 0.6 is 0 Å². The van der Waals surface area contributed by atoms with E-state index in [4.69, 9.17) is 0 Å². The summed E-state index contributed by atoms with van der Waals surface area (Å²) < 4.78 is 0. The maximum Gasteiger partial charge on any atom is 0.243 e. The van der Waals surface area contributed by atoms with E-state index in [2.05, 4.69) is 33.8 Å². The zero-order chi connectivity index (χ0) is 14.5. The molecule has 1 aliphatic heterocycles. The first-order valence-electron chi connectivity index (χ1n) is 7.69. The summed E-state index contributed by atoms with van der Waals surface area (Å²) in [5.74, 6) is 1.18. The monoisotopic (exact) mass is 264 g/mol. The van der Waals surface area contributed by atoms with Gasteiger partial charge >= 0.3 is 0 Å². The zero-order valence-corrected chi connectivity index (χ0v) is 12.9. The number of carbonyl (C=O) groups is 1. The number of likely N-dealkylation sites (tertiary alicyclic amines) is 1. The molecule has 0 aliphatic carbocycles. The number of nitriles is 1. The van der Waals surface area contributed by atoms with Gasteiger partial charge in [0.2, 0.25) is 5.91 Å². The van der Waals surface area contributed by atoms with Crippen molar-refractivity contribution in [3.05, 3.63) is 0 Å². The molecule has 1 rings (SSSR count). The molecule has 0 aromatic carbocycles. The molecule has 2 unspecified atom stereocenters. The number of piperidine rings is 1. The fraction of sp³-hybridized carbons (Fsp3) is 0.875. The van der Waals surface area contributed by atoms with Gasteiger partial charge in [0.15, 0.2) is 0 Å². The summed E-state index contributed by atoms with van der Waals surface area (Å²) in [5, 5.41) is 9.57. The Balaban J connectivity index is 2.89. The second-order valence-corrected chi connectivity index (χ2v) is 6.35. The zero-order valence-electron chi connectivity index (χ0n) is 12.9. The SMILES string of the molecule is CCCC(C#N)(CCC)C(=O)N1CC(C)CC(C)C1. The molecule has 1 heterocycles. The van der Waals surface area contributed by atoms with Crippen molar-refractivity contribution < 1.29 is 4.79 Å². The number of rotatable bonds is 5. The molecule has 1 amide bonds. The molecular weight excluding hydrogens is 236 g/mol. The minimum Gasteiger partial charge on any atom is -0.341 e. The third kappa shape index (κ3) is 3.72. The van der Waals surface area contributed by atoms with Gasteiger partial charge in [-0.15, -0.1) is 0 Å². The van der Waals surface area contributed by atoms with Crippen LogP contribution in [0.25, 0.3) is 0 Å². The second kappa shape index (κ2) is 6.93. The van der Waals surface area contributed by atoms with Crippen LogP contribution in [0.5, 0.6) is 0 Å². The highest BCUT2D eigenvalue weighted by Gasteiger charge is 2.41. The topological polar surface area (TPSA) is 44.1 Å². The van der Waals surface area contributed by atoms with Crippen LogP contribution < -0.4 is 0 Å². The first-order chi connectivity index (χ1) is 8.99. The third-order valence-electron chi connectivity index (χ3n) is 4.13. The van der Waals surface area contributed by atoms with Gasteiger partial charge in [-0.1, -0.05) is 40.5 Å². The largest absolute Gasteiger partial charge is 0.341 e. The van der Waals surface area contributed by atoms with Crippen molar-refractivity contribution in [3.63, 3.8) is 0 Å².